The maximum Gasteiger partial charge on any atom is 0.252 e. The van der Waals surface area contributed by atoms with E-state index in [0.29, 0.717) is 29.5 Å². The van der Waals surface area contributed by atoms with Crippen molar-refractivity contribution in [1.82, 2.24) is 4.57 Å². The van der Waals surface area contributed by atoms with Crippen molar-refractivity contribution in [2.75, 3.05) is 35.0 Å². The van der Waals surface area contributed by atoms with Crippen molar-refractivity contribution in [3.63, 3.8) is 0 Å². The van der Waals surface area contributed by atoms with Gasteiger partial charge in [-0.3, -0.25) is 4.79 Å². The minimum atomic E-state index is -0.234. The Hall–Kier alpha value is -2.84. The summed E-state index contributed by atoms with van der Waals surface area (Å²) in [4.78, 5) is 17.7. The molecule has 1 heterocycles. The van der Waals surface area contributed by atoms with Crippen molar-refractivity contribution >= 4 is 27.5 Å². The van der Waals surface area contributed by atoms with E-state index in [9.17, 15) is 4.79 Å². The molecule has 0 N–H and O–H groups in total. The van der Waals surface area contributed by atoms with Gasteiger partial charge in [0.1, 0.15) is 5.75 Å². The van der Waals surface area contributed by atoms with Crippen LogP contribution in [0.4, 0.5) is 0 Å². The average Bonchev–Trinajstić information content (AvgIpc) is 3.07. The number of nitrogens with zero attached hydrogens (tertiary/aromatic N) is 2. The molecule has 8 heteroatoms. The average molecular weight is 416 g/mol. The van der Waals surface area contributed by atoms with E-state index in [4.69, 9.17) is 18.9 Å². The highest BCUT2D eigenvalue weighted by atomic mass is 32.1. The van der Waals surface area contributed by atoms with Gasteiger partial charge < -0.3 is 23.5 Å². The number of thiazole rings is 1. The van der Waals surface area contributed by atoms with Crippen LogP contribution in [-0.2, 0) is 22.5 Å². The van der Waals surface area contributed by atoms with Crippen LogP contribution >= 0.6 is 11.3 Å². The van der Waals surface area contributed by atoms with Crippen LogP contribution < -0.4 is 19.0 Å². The third kappa shape index (κ3) is 4.78. The largest absolute Gasteiger partial charge is 0.497 e. The normalized spacial score (nSPS) is 11.7. The van der Waals surface area contributed by atoms with Gasteiger partial charge in [0.05, 0.1) is 44.6 Å². The fraction of sp³-hybridized carbons (Fsp3) is 0.333. The van der Waals surface area contributed by atoms with Gasteiger partial charge in [-0.15, -0.1) is 0 Å². The van der Waals surface area contributed by atoms with Crippen molar-refractivity contribution in [2.45, 2.75) is 13.0 Å². The third-order valence-electron chi connectivity index (χ3n) is 4.43. The number of amides is 1. The third-order valence-corrected chi connectivity index (χ3v) is 5.47. The molecule has 0 atom stereocenters. The smallest absolute Gasteiger partial charge is 0.252 e. The fourth-order valence-electron chi connectivity index (χ4n) is 2.98. The molecule has 1 aromatic heterocycles. The predicted molar refractivity (Wildman–Crippen MR) is 112 cm³/mol. The van der Waals surface area contributed by atoms with Crippen molar-refractivity contribution in [2.24, 2.45) is 4.99 Å². The molecule has 0 fully saturated rings. The Morgan fingerprint density at radius 1 is 1.00 bits per heavy atom. The van der Waals surface area contributed by atoms with Crippen LogP contribution in [0.1, 0.15) is 5.56 Å². The molecule has 154 valence electrons. The second kappa shape index (κ2) is 9.58. The maximum atomic E-state index is 12.7. The second-order valence-corrected chi connectivity index (χ2v) is 7.24. The van der Waals surface area contributed by atoms with Gasteiger partial charge in [0.15, 0.2) is 16.3 Å². The lowest BCUT2D eigenvalue weighted by Crippen LogP contribution is -2.19. The minimum absolute atomic E-state index is 0.169. The van der Waals surface area contributed by atoms with E-state index in [1.165, 1.54) is 11.3 Å². The Morgan fingerprint density at radius 2 is 1.79 bits per heavy atom. The molecule has 0 bridgehead atoms. The van der Waals surface area contributed by atoms with Gasteiger partial charge in [-0.05, 0) is 35.9 Å². The quantitative estimate of drug-likeness (QED) is 0.564. The number of aromatic nitrogens is 1. The Kier molecular flexibility index (Phi) is 6.90. The summed E-state index contributed by atoms with van der Waals surface area (Å²) in [7, 11) is 6.42. The number of carbonyl (C=O) groups is 1. The zero-order chi connectivity index (χ0) is 20.8. The summed E-state index contributed by atoms with van der Waals surface area (Å²) >= 11 is 1.45. The molecule has 3 rings (SSSR count). The van der Waals surface area contributed by atoms with E-state index < -0.39 is 0 Å². The maximum absolute atomic E-state index is 12.7. The van der Waals surface area contributed by atoms with Crippen molar-refractivity contribution in [3.8, 4) is 17.2 Å². The first-order chi connectivity index (χ1) is 14.1. The topological polar surface area (TPSA) is 71.3 Å². The number of ether oxygens (including phenoxy) is 4. The lowest BCUT2D eigenvalue weighted by molar-refractivity contribution is -0.117. The first kappa shape index (κ1) is 20.9. The Morgan fingerprint density at radius 3 is 2.48 bits per heavy atom. The number of fused-ring (bicyclic) bond motifs is 1. The van der Waals surface area contributed by atoms with E-state index in [1.54, 1.807) is 40.6 Å². The summed E-state index contributed by atoms with van der Waals surface area (Å²) in [6, 6.07) is 11.2. The second-order valence-electron chi connectivity index (χ2n) is 6.23. The number of benzene rings is 2. The van der Waals surface area contributed by atoms with Gasteiger partial charge in [0.25, 0.3) is 5.91 Å². The van der Waals surface area contributed by atoms with Crippen LogP contribution in [0.3, 0.4) is 0 Å². The molecule has 0 spiro atoms. The first-order valence-electron chi connectivity index (χ1n) is 9.04. The number of hydrogen-bond acceptors (Lipinski definition) is 6. The van der Waals surface area contributed by atoms with Crippen LogP contribution in [0.5, 0.6) is 17.2 Å². The lowest BCUT2D eigenvalue weighted by atomic mass is 10.1. The molecule has 29 heavy (non-hydrogen) atoms. The van der Waals surface area contributed by atoms with E-state index in [2.05, 4.69) is 4.99 Å². The lowest BCUT2D eigenvalue weighted by Gasteiger charge is -2.08. The highest BCUT2D eigenvalue weighted by Crippen LogP contribution is 2.28. The molecule has 3 aromatic rings. The number of carbonyl (C=O) groups excluding carboxylic acids is 1. The molecule has 0 aliphatic rings. The SMILES string of the molecule is COCCn1c(=NC(=O)Cc2ccc(OC)c(OC)c2)sc2cc(OC)ccc21. The summed E-state index contributed by atoms with van der Waals surface area (Å²) in [5, 5.41) is 0. The summed E-state index contributed by atoms with van der Waals surface area (Å²) in [6.07, 6.45) is 0.169. The van der Waals surface area contributed by atoms with E-state index in [1.807, 2.05) is 28.8 Å². The molecule has 1 amide bonds. The van der Waals surface area contributed by atoms with Crippen LogP contribution in [0.15, 0.2) is 41.4 Å². The van der Waals surface area contributed by atoms with Gasteiger partial charge in [0.2, 0.25) is 0 Å². The summed E-state index contributed by atoms with van der Waals surface area (Å²) in [5.41, 5.74) is 1.80. The van der Waals surface area contributed by atoms with Crippen molar-refractivity contribution in [3.05, 3.63) is 46.8 Å². The zero-order valence-electron chi connectivity index (χ0n) is 16.9. The molecular formula is C21H24N2O5S. The first-order valence-corrected chi connectivity index (χ1v) is 9.86. The predicted octanol–water partition coefficient (Wildman–Crippen LogP) is 3.05. The standard InChI is InChI=1S/C21H24N2O5S/c1-25-10-9-23-16-7-6-15(26-2)13-19(16)29-21(23)22-20(24)12-14-5-8-17(27-3)18(11-14)28-4/h5-8,11,13H,9-10,12H2,1-4H3. The van der Waals surface area contributed by atoms with E-state index >= 15 is 0 Å². The monoisotopic (exact) mass is 416 g/mol. The molecule has 0 unspecified atom stereocenters. The van der Waals surface area contributed by atoms with Crippen LogP contribution in [0.25, 0.3) is 10.2 Å². The summed E-state index contributed by atoms with van der Waals surface area (Å²) in [5.74, 6) is 1.74. The highest BCUT2D eigenvalue weighted by molar-refractivity contribution is 7.16. The molecule has 0 aliphatic carbocycles. The summed E-state index contributed by atoms with van der Waals surface area (Å²) < 4.78 is 24.1. The fourth-order valence-corrected chi connectivity index (χ4v) is 4.08. The molecule has 0 radical (unpaired) electrons. The number of hydrogen-bond donors (Lipinski definition) is 0. The van der Waals surface area contributed by atoms with Crippen molar-refractivity contribution in [1.29, 1.82) is 0 Å². The number of rotatable bonds is 8. The van der Waals surface area contributed by atoms with E-state index in [0.717, 1.165) is 21.5 Å². The van der Waals surface area contributed by atoms with Crippen molar-refractivity contribution < 1.29 is 23.7 Å². The number of methoxy groups -OCH3 is 4. The summed E-state index contributed by atoms with van der Waals surface area (Å²) in [6.45, 7) is 1.13. The molecule has 2 aromatic carbocycles. The Labute approximate surface area is 173 Å². The van der Waals surface area contributed by atoms with Gasteiger partial charge >= 0.3 is 0 Å². The molecule has 0 saturated heterocycles. The highest BCUT2D eigenvalue weighted by Gasteiger charge is 2.11. The van der Waals surface area contributed by atoms with Gasteiger partial charge in [0, 0.05) is 13.7 Å². The molecule has 0 saturated carbocycles. The molecular weight excluding hydrogens is 392 g/mol. The van der Waals surface area contributed by atoms with Crippen LogP contribution in [0.2, 0.25) is 0 Å². The van der Waals surface area contributed by atoms with Crippen LogP contribution in [0, 0.1) is 0 Å². The van der Waals surface area contributed by atoms with Gasteiger partial charge in [-0.2, -0.15) is 4.99 Å². The molecule has 0 aliphatic heterocycles. The Balaban J connectivity index is 1.94. The van der Waals surface area contributed by atoms with Gasteiger partial charge in [-0.25, -0.2) is 0 Å². The van der Waals surface area contributed by atoms with Gasteiger partial charge in [-0.1, -0.05) is 17.4 Å². The molecule has 7 nitrogen and oxygen atoms in total. The Bertz CT molecular complexity index is 1070. The minimum Gasteiger partial charge on any atom is -0.497 e. The zero-order valence-corrected chi connectivity index (χ0v) is 17.7. The van der Waals surface area contributed by atoms with Crippen LogP contribution in [-0.4, -0.2) is 45.5 Å². The van der Waals surface area contributed by atoms with E-state index in [-0.39, 0.29) is 12.3 Å².